The zero-order valence-electron chi connectivity index (χ0n) is 11.4. The van der Waals surface area contributed by atoms with Crippen LogP contribution in [-0.4, -0.2) is 14.7 Å². The number of rotatable bonds is 4. The van der Waals surface area contributed by atoms with E-state index in [0.29, 0.717) is 10.2 Å². The Morgan fingerprint density at radius 1 is 1.50 bits per heavy atom. The Morgan fingerprint density at radius 3 is 2.75 bits per heavy atom. The molecule has 20 heavy (non-hydrogen) atoms. The zero-order chi connectivity index (χ0) is 14.9. The Hall–Kier alpha value is -1.89. The Morgan fingerprint density at radius 2 is 2.20 bits per heavy atom. The van der Waals surface area contributed by atoms with E-state index in [0.717, 1.165) is 11.3 Å². The molecule has 0 bridgehead atoms. The number of halogens is 1. The van der Waals surface area contributed by atoms with Gasteiger partial charge in [-0.2, -0.15) is 5.10 Å². The predicted octanol–water partition coefficient (Wildman–Crippen LogP) is 3.57. The van der Waals surface area contributed by atoms with Crippen molar-refractivity contribution < 1.29 is 4.92 Å². The molecule has 0 saturated carbocycles. The fourth-order valence-electron chi connectivity index (χ4n) is 2.11. The summed E-state index contributed by atoms with van der Waals surface area (Å²) in [5, 5.41) is 18.5. The number of nitrogens with one attached hydrogen (secondary N) is 1. The van der Waals surface area contributed by atoms with Gasteiger partial charge in [-0.25, -0.2) is 0 Å². The highest BCUT2D eigenvalue weighted by molar-refractivity contribution is 9.10. The fourth-order valence-corrected chi connectivity index (χ4v) is 2.50. The van der Waals surface area contributed by atoms with Crippen LogP contribution in [-0.2, 0) is 7.05 Å². The molecule has 0 saturated heterocycles. The van der Waals surface area contributed by atoms with Crippen LogP contribution in [0.2, 0.25) is 0 Å². The number of anilines is 1. The average molecular weight is 339 g/mol. The third kappa shape index (κ3) is 2.98. The second kappa shape index (κ2) is 5.62. The Kier molecular flexibility index (Phi) is 4.08. The molecule has 106 valence electrons. The van der Waals surface area contributed by atoms with Gasteiger partial charge in [-0.05, 0) is 41.9 Å². The second-order valence-corrected chi connectivity index (χ2v) is 5.49. The van der Waals surface area contributed by atoms with Crippen molar-refractivity contribution in [2.24, 2.45) is 7.05 Å². The first kappa shape index (κ1) is 14.5. The number of aromatic nitrogens is 2. The summed E-state index contributed by atoms with van der Waals surface area (Å²) in [6, 6.07) is 5.01. The highest BCUT2D eigenvalue weighted by atomic mass is 79.9. The van der Waals surface area contributed by atoms with Crippen LogP contribution in [0.25, 0.3) is 0 Å². The van der Waals surface area contributed by atoms with Crippen LogP contribution in [0.3, 0.4) is 0 Å². The van der Waals surface area contributed by atoms with Crippen LogP contribution in [0.5, 0.6) is 0 Å². The van der Waals surface area contributed by atoms with Crippen LogP contribution in [0, 0.1) is 17.0 Å². The van der Waals surface area contributed by atoms with Gasteiger partial charge in [0.15, 0.2) is 0 Å². The van der Waals surface area contributed by atoms with Crippen LogP contribution in [0.4, 0.5) is 11.4 Å². The van der Waals surface area contributed by atoms with Gasteiger partial charge in [0.1, 0.15) is 0 Å². The van der Waals surface area contributed by atoms with Crippen LogP contribution >= 0.6 is 15.9 Å². The van der Waals surface area contributed by atoms with E-state index < -0.39 is 4.92 Å². The lowest BCUT2D eigenvalue weighted by Crippen LogP contribution is -2.07. The maximum atomic E-state index is 10.9. The van der Waals surface area contributed by atoms with Crippen molar-refractivity contribution in [1.82, 2.24) is 9.78 Å². The minimum Gasteiger partial charge on any atom is -0.378 e. The lowest BCUT2D eigenvalue weighted by atomic mass is 10.1. The van der Waals surface area contributed by atoms with Gasteiger partial charge in [0.2, 0.25) is 0 Å². The highest BCUT2D eigenvalue weighted by Crippen LogP contribution is 2.30. The molecule has 6 nitrogen and oxygen atoms in total. The number of nitro groups is 1. The summed E-state index contributed by atoms with van der Waals surface area (Å²) in [7, 11) is 1.87. The first-order chi connectivity index (χ1) is 9.38. The van der Waals surface area contributed by atoms with E-state index in [1.165, 1.54) is 6.07 Å². The molecule has 0 amide bonds. The van der Waals surface area contributed by atoms with Crippen molar-refractivity contribution >= 4 is 27.3 Å². The number of nitrogens with zero attached hydrogens (tertiary/aromatic N) is 3. The molecule has 0 radical (unpaired) electrons. The van der Waals surface area contributed by atoms with E-state index in [1.54, 1.807) is 16.8 Å². The Labute approximate surface area is 125 Å². The molecule has 1 aromatic carbocycles. The van der Waals surface area contributed by atoms with Gasteiger partial charge in [-0.15, -0.1) is 0 Å². The van der Waals surface area contributed by atoms with Crippen LogP contribution in [0.1, 0.15) is 24.2 Å². The van der Waals surface area contributed by atoms with Crippen molar-refractivity contribution in [1.29, 1.82) is 0 Å². The summed E-state index contributed by atoms with van der Waals surface area (Å²) in [5.41, 5.74) is 2.76. The van der Waals surface area contributed by atoms with Crippen molar-refractivity contribution in [2.75, 3.05) is 5.32 Å². The molecule has 0 aliphatic carbocycles. The minimum atomic E-state index is -0.407. The number of aryl methyl sites for hydroxylation is 2. The Bertz CT molecular complexity index is 654. The molecule has 2 aromatic rings. The van der Waals surface area contributed by atoms with E-state index in [4.69, 9.17) is 0 Å². The molecule has 1 unspecified atom stereocenters. The average Bonchev–Trinajstić information content (AvgIpc) is 2.70. The Balaban J connectivity index is 2.24. The topological polar surface area (TPSA) is 73.0 Å². The van der Waals surface area contributed by atoms with Crippen LogP contribution in [0.15, 0.2) is 28.9 Å². The largest absolute Gasteiger partial charge is 0.378 e. The summed E-state index contributed by atoms with van der Waals surface area (Å²) < 4.78 is 2.23. The van der Waals surface area contributed by atoms with Gasteiger partial charge in [0.25, 0.3) is 5.69 Å². The van der Waals surface area contributed by atoms with Crippen molar-refractivity contribution in [3.8, 4) is 0 Å². The normalized spacial score (nSPS) is 12.2. The lowest BCUT2D eigenvalue weighted by Gasteiger charge is -2.14. The molecule has 0 aliphatic heterocycles. The minimum absolute atomic E-state index is 0.0180. The monoisotopic (exact) mass is 338 g/mol. The molecule has 2 rings (SSSR count). The number of hydrogen-bond donors (Lipinski definition) is 1. The summed E-state index contributed by atoms with van der Waals surface area (Å²) in [6.45, 7) is 3.94. The van der Waals surface area contributed by atoms with Crippen LogP contribution < -0.4 is 5.32 Å². The maximum absolute atomic E-state index is 10.9. The highest BCUT2D eigenvalue weighted by Gasteiger charge is 2.15. The van der Waals surface area contributed by atoms with Crippen molar-refractivity contribution in [3.05, 3.63) is 50.2 Å². The van der Waals surface area contributed by atoms with E-state index in [-0.39, 0.29) is 11.7 Å². The fraction of sp³-hybridized carbons (Fsp3) is 0.308. The summed E-state index contributed by atoms with van der Waals surface area (Å²) in [6.07, 6.45) is 1.94. The van der Waals surface area contributed by atoms with Gasteiger partial charge >= 0.3 is 0 Å². The van der Waals surface area contributed by atoms with Gasteiger partial charge in [0, 0.05) is 30.6 Å². The summed E-state index contributed by atoms with van der Waals surface area (Å²) >= 11 is 3.17. The standard InChI is InChI=1S/C13H15BrN4O2/c1-8(11-7-17(3)16-9(11)2)15-10-4-5-12(14)13(6-10)18(19)20/h4-8,15H,1-3H3. The summed E-state index contributed by atoms with van der Waals surface area (Å²) in [4.78, 5) is 10.5. The first-order valence-corrected chi connectivity index (χ1v) is 6.88. The molecule has 1 aromatic heterocycles. The predicted molar refractivity (Wildman–Crippen MR) is 80.8 cm³/mol. The number of nitro benzene ring substituents is 1. The van der Waals surface area contributed by atoms with E-state index in [2.05, 4.69) is 26.3 Å². The number of benzene rings is 1. The maximum Gasteiger partial charge on any atom is 0.285 e. The van der Waals surface area contributed by atoms with Crippen molar-refractivity contribution in [3.63, 3.8) is 0 Å². The zero-order valence-corrected chi connectivity index (χ0v) is 13.0. The van der Waals surface area contributed by atoms with Gasteiger partial charge < -0.3 is 5.32 Å². The molecule has 0 spiro atoms. The quantitative estimate of drug-likeness (QED) is 0.683. The van der Waals surface area contributed by atoms with Gasteiger partial charge in [0.05, 0.1) is 21.1 Å². The molecule has 1 atom stereocenters. The smallest absolute Gasteiger partial charge is 0.285 e. The molecule has 7 heteroatoms. The third-order valence-electron chi connectivity index (χ3n) is 3.04. The molecule has 1 N–H and O–H groups in total. The lowest BCUT2D eigenvalue weighted by molar-refractivity contribution is -0.385. The van der Waals surface area contributed by atoms with E-state index in [1.807, 2.05) is 27.1 Å². The SMILES string of the molecule is Cc1nn(C)cc1C(C)Nc1ccc(Br)c([N+](=O)[O-])c1. The van der Waals surface area contributed by atoms with E-state index in [9.17, 15) is 10.1 Å². The second-order valence-electron chi connectivity index (χ2n) is 4.63. The first-order valence-electron chi connectivity index (χ1n) is 6.09. The molecular formula is C13H15BrN4O2. The third-order valence-corrected chi connectivity index (χ3v) is 3.71. The van der Waals surface area contributed by atoms with Gasteiger partial charge in [-0.3, -0.25) is 14.8 Å². The number of hydrogen-bond acceptors (Lipinski definition) is 4. The molecular weight excluding hydrogens is 324 g/mol. The summed E-state index contributed by atoms with van der Waals surface area (Å²) in [5.74, 6) is 0. The van der Waals surface area contributed by atoms with Gasteiger partial charge in [-0.1, -0.05) is 0 Å². The van der Waals surface area contributed by atoms with Crippen molar-refractivity contribution in [2.45, 2.75) is 19.9 Å². The van der Waals surface area contributed by atoms with E-state index >= 15 is 0 Å². The molecule has 1 heterocycles. The molecule has 0 aliphatic rings. The molecule has 0 fully saturated rings.